The van der Waals surface area contributed by atoms with Gasteiger partial charge in [0.1, 0.15) is 5.60 Å². The highest BCUT2D eigenvalue weighted by Crippen LogP contribution is 2.22. The Balaban J connectivity index is 2.26. The van der Waals surface area contributed by atoms with Crippen LogP contribution in [0.4, 0.5) is 0 Å². The molecule has 0 saturated heterocycles. The lowest BCUT2D eigenvalue weighted by Crippen LogP contribution is -2.27. The maximum Gasteiger partial charge on any atom is 0.340 e. The van der Waals surface area contributed by atoms with E-state index >= 15 is 0 Å². The van der Waals surface area contributed by atoms with E-state index in [2.05, 4.69) is 0 Å². The second-order valence-corrected chi connectivity index (χ2v) is 5.54. The Hall–Kier alpha value is -1.87. The number of hydrogen-bond acceptors (Lipinski definition) is 3. The van der Waals surface area contributed by atoms with Crippen LogP contribution in [0.2, 0.25) is 0 Å². The fourth-order valence-electron chi connectivity index (χ4n) is 1.87. The van der Waals surface area contributed by atoms with E-state index in [0.717, 1.165) is 10.8 Å². The summed E-state index contributed by atoms with van der Waals surface area (Å²) in [5, 5.41) is 12.1. The van der Waals surface area contributed by atoms with Gasteiger partial charge < -0.3 is 9.84 Å². The van der Waals surface area contributed by atoms with Crippen LogP contribution in [0.15, 0.2) is 42.5 Å². The molecule has 0 amide bonds. The molecule has 100 valence electrons. The number of hydrogen-bond donors (Lipinski definition) is 1. The highest BCUT2D eigenvalue weighted by Gasteiger charge is 2.24. The molecule has 0 fully saturated rings. The van der Waals surface area contributed by atoms with Crippen molar-refractivity contribution < 1.29 is 14.6 Å². The summed E-state index contributed by atoms with van der Waals surface area (Å²) in [5.41, 5.74) is -0.0532. The van der Waals surface area contributed by atoms with Crippen LogP contribution < -0.4 is 0 Å². The van der Waals surface area contributed by atoms with Crippen LogP contribution in [0, 0.1) is 0 Å². The predicted molar refractivity (Wildman–Crippen MR) is 74.8 cm³/mol. The molecular formula is C16H18O3. The fraction of sp³-hybridized carbons (Fsp3) is 0.312. The Morgan fingerprint density at radius 3 is 2.37 bits per heavy atom. The van der Waals surface area contributed by atoms with Gasteiger partial charge >= 0.3 is 5.97 Å². The van der Waals surface area contributed by atoms with Gasteiger partial charge in [-0.3, -0.25) is 0 Å². The van der Waals surface area contributed by atoms with Crippen LogP contribution in [0.3, 0.4) is 0 Å². The lowest BCUT2D eigenvalue weighted by atomic mass is 10.0. The highest BCUT2D eigenvalue weighted by atomic mass is 16.6. The molecule has 0 aliphatic rings. The molecule has 1 N–H and O–H groups in total. The summed E-state index contributed by atoms with van der Waals surface area (Å²) in [5.74, 6) is -0.622. The Labute approximate surface area is 112 Å². The van der Waals surface area contributed by atoms with Gasteiger partial charge in [-0.15, -0.1) is 0 Å². The third-order valence-corrected chi connectivity index (χ3v) is 2.72. The van der Waals surface area contributed by atoms with Crippen molar-refractivity contribution in [1.29, 1.82) is 0 Å². The highest BCUT2D eigenvalue weighted by molar-refractivity contribution is 5.85. The Bertz CT molecular complexity index is 596. The van der Waals surface area contributed by atoms with Gasteiger partial charge in [0.25, 0.3) is 0 Å². The maximum absolute atomic E-state index is 11.8. The Morgan fingerprint density at radius 2 is 1.74 bits per heavy atom. The lowest BCUT2D eigenvalue weighted by Gasteiger charge is -2.21. The SMILES string of the molecule is CC(C)(C)OC(=O)[C@@H](O)c1ccc2ccccc2c1. The first-order valence-electron chi connectivity index (χ1n) is 6.26. The lowest BCUT2D eigenvalue weighted by molar-refractivity contribution is -0.165. The molecule has 0 aromatic heterocycles. The first-order valence-corrected chi connectivity index (χ1v) is 6.26. The summed E-state index contributed by atoms with van der Waals surface area (Å²) < 4.78 is 5.18. The smallest absolute Gasteiger partial charge is 0.340 e. The third-order valence-electron chi connectivity index (χ3n) is 2.72. The molecule has 3 heteroatoms. The van der Waals surface area contributed by atoms with Gasteiger partial charge in [0.15, 0.2) is 6.10 Å². The van der Waals surface area contributed by atoms with Crippen LogP contribution in [0.5, 0.6) is 0 Å². The third kappa shape index (κ3) is 3.32. The summed E-state index contributed by atoms with van der Waals surface area (Å²) in [6, 6.07) is 13.2. The summed E-state index contributed by atoms with van der Waals surface area (Å²) in [6.45, 7) is 5.33. The van der Waals surface area contributed by atoms with Gasteiger partial charge in [-0.05, 0) is 43.2 Å². The molecule has 0 unspecified atom stereocenters. The number of carbonyl (C=O) groups excluding carboxylic acids is 1. The van der Waals surface area contributed by atoms with E-state index in [-0.39, 0.29) is 0 Å². The molecule has 3 nitrogen and oxygen atoms in total. The van der Waals surface area contributed by atoms with Crippen molar-refractivity contribution in [2.75, 3.05) is 0 Å². The number of fused-ring (bicyclic) bond motifs is 1. The van der Waals surface area contributed by atoms with Gasteiger partial charge in [-0.1, -0.05) is 36.4 Å². The molecule has 2 aromatic rings. The topological polar surface area (TPSA) is 46.5 Å². The van der Waals surface area contributed by atoms with Gasteiger partial charge in [-0.2, -0.15) is 0 Å². The zero-order valence-corrected chi connectivity index (χ0v) is 11.4. The average molecular weight is 258 g/mol. The van der Waals surface area contributed by atoms with Crippen molar-refractivity contribution >= 4 is 16.7 Å². The average Bonchev–Trinajstić information content (AvgIpc) is 2.35. The van der Waals surface area contributed by atoms with E-state index in [9.17, 15) is 9.90 Å². The summed E-state index contributed by atoms with van der Waals surface area (Å²) in [4.78, 5) is 11.8. The quantitative estimate of drug-likeness (QED) is 0.841. The van der Waals surface area contributed by atoms with Crippen molar-refractivity contribution in [3.8, 4) is 0 Å². The summed E-state index contributed by atoms with van der Waals surface area (Å²) >= 11 is 0. The van der Waals surface area contributed by atoms with Crippen LogP contribution in [-0.2, 0) is 9.53 Å². The van der Waals surface area contributed by atoms with E-state index in [1.807, 2.05) is 36.4 Å². The molecule has 0 aliphatic carbocycles. The standard InChI is InChI=1S/C16H18O3/c1-16(2,3)19-15(18)14(17)13-9-8-11-6-4-5-7-12(11)10-13/h4-10,14,17H,1-3H3/t14-/m0/s1. The number of carbonyl (C=O) groups is 1. The molecular weight excluding hydrogens is 240 g/mol. The van der Waals surface area contributed by atoms with E-state index in [1.54, 1.807) is 26.8 Å². The van der Waals surface area contributed by atoms with E-state index < -0.39 is 17.7 Å². The molecule has 0 heterocycles. The van der Waals surface area contributed by atoms with Crippen LogP contribution in [0.1, 0.15) is 32.4 Å². The van der Waals surface area contributed by atoms with E-state index in [1.165, 1.54) is 0 Å². The number of rotatable bonds is 2. The minimum absolute atomic E-state index is 0.549. The number of aliphatic hydroxyl groups excluding tert-OH is 1. The molecule has 0 spiro atoms. The molecule has 2 aromatic carbocycles. The molecule has 1 atom stereocenters. The molecule has 2 rings (SSSR count). The Kier molecular flexibility index (Phi) is 3.58. The summed E-state index contributed by atoms with van der Waals surface area (Å²) in [6.07, 6.45) is -1.25. The number of benzene rings is 2. The van der Waals surface area contributed by atoms with E-state index in [4.69, 9.17) is 4.74 Å². The van der Waals surface area contributed by atoms with Crippen molar-refractivity contribution in [3.63, 3.8) is 0 Å². The van der Waals surface area contributed by atoms with Crippen molar-refractivity contribution in [1.82, 2.24) is 0 Å². The molecule has 19 heavy (non-hydrogen) atoms. The van der Waals surface area contributed by atoms with E-state index in [0.29, 0.717) is 5.56 Å². The van der Waals surface area contributed by atoms with Gasteiger partial charge in [0.2, 0.25) is 0 Å². The summed E-state index contributed by atoms with van der Waals surface area (Å²) in [7, 11) is 0. The second kappa shape index (κ2) is 5.02. The van der Waals surface area contributed by atoms with Crippen LogP contribution >= 0.6 is 0 Å². The number of ether oxygens (including phenoxy) is 1. The van der Waals surface area contributed by atoms with Crippen LogP contribution in [0.25, 0.3) is 10.8 Å². The number of aliphatic hydroxyl groups is 1. The first-order chi connectivity index (χ1) is 8.87. The monoisotopic (exact) mass is 258 g/mol. The Morgan fingerprint density at radius 1 is 1.11 bits per heavy atom. The molecule has 0 radical (unpaired) electrons. The molecule has 0 bridgehead atoms. The minimum Gasteiger partial charge on any atom is -0.458 e. The zero-order chi connectivity index (χ0) is 14.0. The molecule has 0 saturated carbocycles. The normalized spacial score (nSPS) is 13.3. The van der Waals surface area contributed by atoms with Gasteiger partial charge in [-0.25, -0.2) is 4.79 Å². The minimum atomic E-state index is -1.25. The van der Waals surface area contributed by atoms with Gasteiger partial charge in [0.05, 0.1) is 0 Å². The second-order valence-electron chi connectivity index (χ2n) is 5.54. The maximum atomic E-state index is 11.8. The van der Waals surface area contributed by atoms with Crippen LogP contribution in [-0.4, -0.2) is 16.7 Å². The first kappa shape index (κ1) is 13.6. The fourth-order valence-corrected chi connectivity index (χ4v) is 1.87. The van der Waals surface area contributed by atoms with Gasteiger partial charge in [0, 0.05) is 0 Å². The van der Waals surface area contributed by atoms with Crippen molar-refractivity contribution in [2.24, 2.45) is 0 Å². The molecule has 0 aliphatic heterocycles. The predicted octanol–water partition coefficient (Wildman–Crippen LogP) is 3.21. The van der Waals surface area contributed by atoms with Crippen molar-refractivity contribution in [3.05, 3.63) is 48.0 Å². The zero-order valence-electron chi connectivity index (χ0n) is 11.4. The van der Waals surface area contributed by atoms with Crippen molar-refractivity contribution in [2.45, 2.75) is 32.5 Å². The largest absolute Gasteiger partial charge is 0.458 e. The number of esters is 1.